The molecule has 2 atom stereocenters. The Morgan fingerprint density at radius 3 is 2.90 bits per heavy atom. The van der Waals surface area contributed by atoms with Gasteiger partial charge in [0, 0.05) is 18.0 Å². The van der Waals surface area contributed by atoms with Gasteiger partial charge in [0.25, 0.3) is 0 Å². The molecule has 2 amide bonds. The Bertz CT molecular complexity index is 503. The first-order chi connectivity index (χ1) is 9.47. The molecule has 1 aliphatic heterocycles. The van der Waals surface area contributed by atoms with Crippen LogP contribution in [0.2, 0.25) is 0 Å². The second kappa shape index (κ2) is 6.21. The Labute approximate surface area is 121 Å². The molecule has 2 N–H and O–H groups in total. The van der Waals surface area contributed by atoms with E-state index in [1.165, 1.54) is 11.3 Å². The summed E-state index contributed by atoms with van der Waals surface area (Å²) in [5.74, 6) is -1.08. The summed E-state index contributed by atoms with van der Waals surface area (Å²) in [5.41, 5.74) is 2.67. The molecule has 110 valence electrons. The highest BCUT2D eigenvalue weighted by atomic mass is 32.1. The molecular weight excluding hydrogens is 278 g/mol. The van der Waals surface area contributed by atoms with E-state index in [-0.39, 0.29) is 18.5 Å². The van der Waals surface area contributed by atoms with Crippen LogP contribution in [0.15, 0.2) is 5.51 Å². The number of hydrogen-bond donors (Lipinski definition) is 2. The Hall–Kier alpha value is -1.63. The minimum Gasteiger partial charge on any atom is -0.481 e. The molecule has 0 aliphatic carbocycles. The molecule has 0 aromatic carbocycles. The van der Waals surface area contributed by atoms with Crippen molar-refractivity contribution in [2.24, 2.45) is 11.8 Å². The summed E-state index contributed by atoms with van der Waals surface area (Å²) in [6, 6.07) is -0.199. The molecule has 1 fully saturated rings. The van der Waals surface area contributed by atoms with Crippen LogP contribution in [0, 0.1) is 18.8 Å². The van der Waals surface area contributed by atoms with E-state index in [1.54, 1.807) is 10.4 Å². The van der Waals surface area contributed by atoms with Crippen molar-refractivity contribution in [1.82, 2.24) is 15.2 Å². The molecule has 7 heteroatoms. The Morgan fingerprint density at radius 2 is 2.30 bits per heavy atom. The summed E-state index contributed by atoms with van der Waals surface area (Å²) in [4.78, 5) is 30.0. The lowest BCUT2D eigenvalue weighted by atomic mass is 9.91. The first kappa shape index (κ1) is 14.8. The number of carboxylic acid groups (broad SMARTS) is 1. The topological polar surface area (TPSA) is 82.5 Å². The van der Waals surface area contributed by atoms with Crippen molar-refractivity contribution in [3.05, 3.63) is 16.1 Å². The van der Waals surface area contributed by atoms with Crippen molar-refractivity contribution in [3.8, 4) is 0 Å². The van der Waals surface area contributed by atoms with Gasteiger partial charge in [-0.3, -0.25) is 4.79 Å². The summed E-state index contributed by atoms with van der Waals surface area (Å²) in [5, 5.41) is 11.9. The number of rotatable bonds is 3. The van der Waals surface area contributed by atoms with Gasteiger partial charge in [0.15, 0.2) is 0 Å². The van der Waals surface area contributed by atoms with E-state index in [0.717, 1.165) is 10.6 Å². The average molecular weight is 297 g/mol. The van der Waals surface area contributed by atoms with Crippen molar-refractivity contribution >= 4 is 23.3 Å². The summed E-state index contributed by atoms with van der Waals surface area (Å²) in [6.45, 7) is 5.21. The van der Waals surface area contributed by atoms with Gasteiger partial charge in [0.1, 0.15) is 0 Å². The number of carbonyl (C=O) groups excluding carboxylic acids is 1. The zero-order chi connectivity index (χ0) is 14.7. The quantitative estimate of drug-likeness (QED) is 0.889. The Kier molecular flexibility index (Phi) is 4.59. The fraction of sp³-hybridized carbons (Fsp3) is 0.615. The molecule has 0 saturated carbocycles. The van der Waals surface area contributed by atoms with E-state index in [9.17, 15) is 9.59 Å². The molecule has 0 bridgehead atoms. The average Bonchev–Trinajstić information content (AvgIpc) is 2.80. The third-order valence-electron chi connectivity index (χ3n) is 3.54. The lowest BCUT2D eigenvalue weighted by Crippen LogP contribution is -2.49. The second-order valence-corrected chi connectivity index (χ2v) is 6.24. The van der Waals surface area contributed by atoms with Gasteiger partial charge < -0.3 is 15.3 Å². The van der Waals surface area contributed by atoms with Crippen LogP contribution in [-0.4, -0.2) is 40.1 Å². The van der Waals surface area contributed by atoms with Crippen molar-refractivity contribution in [2.45, 2.75) is 26.8 Å². The normalized spacial score (nSPS) is 22.6. The van der Waals surface area contributed by atoms with E-state index in [0.29, 0.717) is 19.5 Å². The molecule has 1 aromatic heterocycles. The monoisotopic (exact) mass is 297 g/mol. The van der Waals surface area contributed by atoms with E-state index in [4.69, 9.17) is 5.11 Å². The highest BCUT2D eigenvalue weighted by Crippen LogP contribution is 2.22. The number of nitrogens with zero attached hydrogens (tertiary/aromatic N) is 2. The Balaban J connectivity index is 1.91. The minimum atomic E-state index is -0.826. The molecule has 6 nitrogen and oxygen atoms in total. The number of carboxylic acids is 1. The van der Waals surface area contributed by atoms with Gasteiger partial charge in [-0.15, -0.1) is 11.3 Å². The zero-order valence-electron chi connectivity index (χ0n) is 11.6. The largest absolute Gasteiger partial charge is 0.481 e. The molecule has 0 radical (unpaired) electrons. The van der Waals surface area contributed by atoms with Gasteiger partial charge in [0.2, 0.25) is 0 Å². The number of nitrogens with one attached hydrogen (secondary N) is 1. The van der Waals surface area contributed by atoms with Crippen LogP contribution in [0.1, 0.15) is 23.9 Å². The van der Waals surface area contributed by atoms with Crippen molar-refractivity contribution in [3.63, 3.8) is 0 Å². The van der Waals surface area contributed by atoms with Crippen LogP contribution in [0.3, 0.4) is 0 Å². The van der Waals surface area contributed by atoms with Crippen LogP contribution < -0.4 is 5.32 Å². The van der Waals surface area contributed by atoms with E-state index in [2.05, 4.69) is 10.3 Å². The number of aromatic nitrogens is 1. The molecule has 20 heavy (non-hydrogen) atoms. The lowest BCUT2D eigenvalue weighted by molar-refractivity contribution is -0.143. The first-order valence-electron chi connectivity index (χ1n) is 6.62. The van der Waals surface area contributed by atoms with Crippen LogP contribution in [0.5, 0.6) is 0 Å². The maximum absolute atomic E-state index is 12.1. The molecule has 1 aromatic rings. The van der Waals surface area contributed by atoms with Gasteiger partial charge in [-0.25, -0.2) is 9.78 Å². The van der Waals surface area contributed by atoms with Crippen molar-refractivity contribution in [2.75, 3.05) is 13.1 Å². The molecule has 2 heterocycles. The van der Waals surface area contributed by atoms with Crippen LogP contribution in [0.25, 0.3) is 0 Å². The third-order valence-corrected chi connectivity index (χ3v) is 4.48. The van der Waals surface area contributed by atoms with Crippen molar-refractivity contribution in [1.29, 1.82) is 0 Å². The zero-order valence-corrected chi connectivity index (χ0v) is 12.4. The lowest BCUT2D eigenvalue weighted by Gasteiger charge is -2.34. The van der Waals surface area contributed by atoms with Gasteiger partial charge in [0.05, 0.1) is 23.7 Å². The highest BCUT2D eigenvalue weighted by molar-refractivity contribution is 7.09. The molecule has 1 saturated heterocycles. The predicted molar refractivity (Wildman–Crippen MR) is 75.6 cm³/mol. The number of amides is 2. The standard InChI is InChI=1S/C13H19N3O3S/c1-8-3-10(12(17)18)6-16(5-8)13(19)14-4-11-9(2)15-7-20-11/h7-8,10H,3-6H2,1-2H3,(H,14,19)(H,17,18). The third kappa shape index (κ3) is 3.47. The number of carbonyl (C=O) groups is 2. The van der Waals surface area contributed by atoms with Gasteiger partial charge in [-0.2, -0.15) is 0 Å². The maximum atomic E-state index is 12.1. The van der Waals surface area contributed by atoms with Crippen molar-refractivity contribution < 1.29 is 14.7 Å². The van der Waals surface area contributed by atoms with Gasteiger partial charge in [-0.05, 0) is 19.3 Å². The Morgan fingerprint density at radius 1 is 1.55 bits per heavy atom. The number of piperidine rings is 1. The number of hydrogen-bond acceptors (Lipinski definition) is 4. The molecule has 2 unspecified atom stereocenters. The van der Waals surface area contributed by atoms with Crippen LogP contribution >= 0.6 is 11.3 Å². The van der Waals surface area contributed by atoms with Gasteiger partial charge >= 0.3 is 12.0 Å². The number of aliphatic carboxylic acids is 1. The second-order valence-electron chi connectivity index (χ2n) is 5.30. The number of thiazole rings is 1. The fourth-order valence-corrected chi connectivity index (χ4v) is 3.18. The fourth-order valence-electron chi connectivity index (χ4n) is 2.46. The number of urea groups is 1. The van der Waals surface area contributed by atoms with E-state index >= 15 is 0 Å². The predicted octanol–water partition coefficient (Wildman–Crippen LogP) is 1.70. The minimum absolute atomic E-state index is 0.199. The van der Waals surface area contributed by atoms with Gasteiger partial charge in [-0.1, -0.05) is 6.92 Å². The molecule has 1 aliphatic rings. The molecule has 2 rings (SSSR count). The molecule has 0 spiro atoms. The first-order valence-corrected chi connectivity index (χ1v) is 7.50. The highest BCUT2D eigenvalue weighted by Gasteiger charge is 2.31. The summed E-state index contributed by atoms with van der Waals surface area (Å²) in [6.07, 6.45) is 0.632. The molecular formula is C13H19N3O3S. The van der Waals surface area contributed by atoms with Crippen LogP contribution in [0.4, 0.5) is 4.79 Å². The summed E-state index contributed by atoms with van der Waals surface area (Å²) >= 11 is 1.51. The summed E-state index contributed by atoms with van der Waals surface area (Å²) in [7, 11) is 0. The van der Waals surface area contributed by atoms with Crippen LogP contribution in [-0.2, 0) is 11.3 Å². The van der Waals surface area contributed by atoms with E-state index in [1.807, 2.05) is 13.8 Å². The van der Waals surface area contributed by atoms with E-state index < -0.39 is 11.9 Å². The smallest absolute Gasteiger partial charge is 0.317 e. The summed E-state index contributed by atoms with van der Waals surface area (Å²) < 4.78 is 0. The number of likely N-dealkylation sites (tertiary alicyclic amines) is 1. The number of aryl methyl sites for hydroxylation is 1. The maximum Gasteiger partial charge on any atom is 0.317 e. The SMILES string of the molecule is Cc1ncsc1CNC(=O)N1CC(C)CC(C(=O)O)C1.